The Hall–Kier alpha value is -2.82. The molecule has 0 saturated heterocycles. The maximum atomic E-state index is 13.1. The number of hydrogen-bond donors (Lipinski definition) is 2. The standard InChI is InChI=1S/C22H28N2O3/c1-3-14-24(15-4-2)22(27)20(16-17-10-12-19(25)13-11-17)23-21(26)18-8-6-5-7-9-18/h5-13,20,25H,3-4,14-16H2,1-2H3,(H,23,26)/t20-/m0/s1. The van der Waals surface area contributed by atoms with Crippen LogP contribution in [0, 0.1) is 0 Å². The number of carbonyl (C=O) groups is 2. The second kappa shape index (κ2) is 10.4. The number of nitrogens with one attached hydrogen (secondary N) is 1. The molecule has 0 aliphatic carbocycles. The lowest BCUT2D eigenvalue weighted by Crippen LogP contribution is -2.50. The fourth-order valence-corrected chi connectivity index (χ4v) is 2.99. The number of nitrogens with zero attached hydrogens (tertiary/aromatic N) is 1. The van der Waals surface area contributed by atoms with E-state index >= 15 is 0 Å². The van der Waals surface area contributed by atoms with Crippen LogP contribution in [0.15, 0.2) is 54.6 Å². The highest BCUT2D eigenvalue weighted by Crippen LogP contribution is 2.13. The van der Waals surface area contributed by atoms with Gasteiger partial charge in [0.2, 0.25) is 5.91 Å². The number of aromatic hydroxyl groups is 1. The summed E-state index contributed by atoms with van der Waals surface area (Å²) < 4.78 is 0. The molecule has 0 aliphatic rings. The molecule has 0 unspecified atom stereocenters. The molecular weight excluding hydrogens is 340 g/mol. The number of phenolic OH excluding ortho intramolecular Hbond substituents is 1. The summed E-state index contributed by atoms with van der Waals surface area (Å²) >= 11 is 0. The van der Waals surface area contributed by atoms with Gasteiger partial charge in [0, 0.05) is 25.1 Å². The number of phenols is 1. The first-order valence-corrected chi connectivity index (χ1v) is 9.47. The number of amides is 2. The van der Waals surface area contributed by atoms with Crippen molar-refractivity contribution in [2.45, 2.75) is 39.2 Å². The molecule has 5 heteroatoms. The van der Waals surface area contributed by atoms with E-state index in [1.54, 1.807) is 48.5 Å². The van der Waals surface area contributed by atoms with Gasteiger partial charge in [0.15, 0.2) is 0 Å². The van der Waals surface area contributed by atoms with Crippen molar-refractivity contribution < 1.29 is 14.7 Å². The molecule has 0 spiro atoms. The van der Waals surface area contributed by atoms with Crippen LogP contribution in [0.5, 0.6) is 5.75 Å². The normalized spacial score (nSPS) is 11.6. The van der Waals surface area contributed by atoms with E-state index < -0.39 is 6.04 Å². The lowest BCUT2D eigenvalue weighted by molar-refractivity contribution is -0.133. The summed E-state index contributed by atoms with van der Waals surface area (Å²) in [6, 6.07) is 15.0. The van der Waals surface area contributed by atoms with Crippen molar-refractivity contribution >= 4 is 11.8 Å². The van der Waals surface area contributed by atoms with Crippen LogP contribution >= 0.6 is 0 Å². The summed E-state index contributed by atoms with van der Waals surface area (Å²) in [5, 5.41) is 12.4. The maximum absolute atomic E-state index is 13.1. The molecule has 0 heterocycles. The van der Waals surface area contributed by atoms with Gasteiger partial charge < -0.3 is 15.3 Å². The largest absolute Gasteiger partial charge is 0.508 e. The number of benzene rings is 2. The van der Waals surface area contributed by atoms with Crippen molar-refractivity contribution in [2.75, 3.05) is 13.1 Å². The molecule has 5 nitrogen and oxygen atoms in total. The maximum Gasteiger partial charge on any atom is 0.251 e. The van der Waals surface area contributed by atoms with E-state index in [9.17, 15) is 14.7 Å². The molecule has 0 fully saturated rings. The second-order valence-corrected chi connectivity index (χ2v) is 6.59. The third-order valence-corrected chi connectivity index (χ3v) is 4.31. The Labute approximate surface area is 161 Å². The van der Waals surface area contributed by atoms with Crippen molar-refractivity contribution in [3.63, 3.8) is 0 Å². The minimum atomic E-state index is -0.652. The molecule has 2 aromatic carbocycles. The van der Waals surface area contributed by atoms with E-state index in [4.69, 9.17) is 0 Å². The Kier molecular flexibility index (Phi) is 7.86. The first-order chi connectivity index (χ1) is 13.0. The highest BCUT2D eigenvalue weighted by Gasteiger charge is 2.26. The quantitative estimate of drug-likeness (QED) is 0.713. The molecule has 1 atom stereocenters. The van der Waals surface area contributed by atoms with Crippen LogP contribution in [0.4, 0.5) is 0 Å². The minimum Gasteiger partial charge on any atom is -0.508 e. The smallest absolute Gasteiger partial charge is 0.251 e. The second-order valence-electron chi connectivity index (χ2n) is 6.59. The van der Waals surface area contributed by atoms with Gasteiger partial charge in [-0.1, -0.05) is 44.2 Å². The van der Waals surface area contributed by atoms with E-state index in [1.165, 1.54) is 0 Å². The number of rotatable bonds is 9. The Bertz CT molecular complexity index is 723. The summed E-state index contributed by atoms with van der Waals surface area (Å²) in [5.74, 6) is -0.162. The molecule has 0 aliphatic heterocycles. The monoisotopic (exact) mass is 368 g/mol. The zero-order valence-corrected chi connectivity index (χ0v) is 16.0. The Morgan fingerprint density at radius 2 is 1.56 bits per heavy atom. The fraction of sp³-hybridized carbons (Fsp3) is 0.364. The Balaban J connectivity index is 2.22. The molecule has 2 amide bonds. The van der Waals surface area contributed by atoms with Crippen molar-refractivity contribution in [1.29, 1.82) is 0 Å². The summed E-state index contributed by atoms with van der Waals surface area (Å²) in [6.45, 7) is 5.40. The zero-order chi connectivity index (χ0) is 19.6. The Morgan fingerprint density at radius 1 is 0.963 bits per heavy atom. The van der Waals surface area contributed by atoms with E-state index in [-0.39, 0.29) is 17.6 Å². The molecule has 144 valence electrons. The molecule has 0 aromatic heterocycles. The van der Waals surface area contributed by atoms with Gasteiger partial charge in [0.1, 0.15) is 11.8 Å². The lowest BCUT2D eigenvalue weighted by atomic mass is 10.0. The van der Waals surface area contributed by atoms with Gasteiger partial charge in [0.05, 0.1) is 0 Å². The Morgan fingerprint density at radius 3 is 2.11 bits per heavy atom. The predicted octanol–water partition coefficient (Wildman–Crippen LogP) is 3.38. The van der Waals surface area contributed by atoms with Crippen molar-refractivity contribution in [3.05, 3.63) is 65.7 Å². The van der Waals surface area contributed by atoms with Gasteiger partial charge >= 0.3 is 0 Å². The molecule has 27 heavy (non-hydrogen) atoms. The van der Waals surface area contributed by atoms with Gasteiger partial charge in [0.25, 0.3) is 5.91 Å². The summed E-state index contributed by atoms with van der Waals surface area (Å²) in [7, 11) is 0. The highest BCUT2D eigenvalue weighted by molar-refractivity contribution is 5.97. The van der Waals surface area contributed by atoms with Gasteiger partial charge in [-0.2, -0.15) is 0 Å². The summed E-state index contributed by atoms with van der Waals surface area (Å²) in [5.41, 5.74) is 1.41. The molecule has 0 saturated carbocycles. The van der Waals surface area contributed by atoms with E-state index in [1.807, 2.05) is 24.8 Å². The number of carbonyl (C=O) groups excluding carboxylic acids is 2. The van der Waals surface area contributed by atoms with Crippen LogP contribution in [-0.2, 0) is 11.2 Å². The average molecular weight is 368 g/mol. The van der Waals surface area contributed by atoms with Gasteiger partial charge in [-0.05, 0) is 42.7 Å². The van der Waals surface area contributed by atoms with Gasteiger partial charge in [-0.15, -0.1) is 0 Å². The van der Waals surface area contributed by atoms with Crippen LogP contribution in [-0.4, -0.2) is 41.0 Å². The van der Waals surface area contributed by atoms with Crippen LogP contribution in [0.25, 0.3) is 0 Å². The summed E-state index contributed by atoms with van der Waals surface area (Å²) in [6.07, 6.45) is 2.11. The fourth-order valence-electron chi connectivity index (χ4n) is 2.99. The third-order valence-electron chi connectivity index (χ3n) is 4.31. The van der Waals surface area contributed by atoms with Crippen LogP contribution in [0.2, 0.25) is 0 Å². The van der Waals surface area contributed by atoms with E-state index in [0.29, 0.717) is 25.1 Å². The lowest BCUT2D eigenvalue weighted by Gasteiger charge is -2.27. The van der Waals surface area contributed by atoms with E-state index in [2.05, 4.69) is 5.32 Å². The molecule has 0 radical (unpaired) electrons. The molecule has 2 aromatic rings. The van der Waals surface area contributed by atoms with Gasteiger partial charge in [-0.3, -0.25) is 9.59 Å². The SMILES string of the molecule is CCCN(CCC)C(=O)[C@H](Cc1ccc(O)cc1)NC(=O)c1ccccc1. The predicted molar refractivity (Wildman–Crippen MR) is 107 cm³/mol. The van der Waals surface area contributed by atoms with Gasteiger partial charge in [-0.25, -0.2) is 0 Å². The third kappa shape index (κ3) is 6.13. The zero-order valence-electron chi connectivity index (χ0n) is 16.0. The average Bonchev–Trinajstić information content (AvgIpc) is 2.69. The summed E-state index contributed by atoms with van der Waals surface area (Å²) in [4.78, 5) is 27.6. The molecule has 0 bridgehead atoms. The van der Waals surface area contributed by atoms with Crippen LogP contribution in [0.3, 0.4) is 0 Å². The van der Waals surface area contributed by atoms with Crippen molar-refractivity contribution in [1.82, 2.24) is 10.2 Å². The van der Waals surface area contributed by atoms with Crippen LogP contribution < -0.4 is 5.32 Å². The van der Waals surface area contributed by atoms with Crippen molar-refractivity contribution in [2.24, 2.45) is 0 Å². The van der Waals surface area contributed by atoms with Crippen LogP contribution in [0.1, 0.15) is 42.6 Å². The topological polar surface area (TPSA) is 69.6 Å². The molecule has 2 rings (SSSR count). The van der Waals surface area contributed by atoms with Crippen molar-refractivity contribution in [3.8, 4) is 5.75 Å². The molecular formula is C22H28N2O3. The minimum absolute atomic E-state index is 0.0731. The first kappa shape index (κ1) is 20.5. The number of hydrogen-bond acceptors (Lipinski definition) is 3. The molecule has 2 N–H and O–H groups in total. The highest BCUT2D eigenvalue weighted by atomic mass is 16.3. The first-order valence-electron chi connectivity index (χ1n) is 9.47. The van der Waals surface area contributed by atoms with E-state index in [0.717, 1.165) is 18.4 Å².